The molecule has 41 heavy (non-hydrogen) atoms. The van der Waals surface area contributed by atoms with E-state index in [4.69, 9.17) is 24.2 Å². The van der Waals surface area contributed by atoms with Gasteiger partial charge in [-0.15, -0.1) is 0 Å². The van der Waals surface area contributed by atoms with Crippen LogP contribution < -0.4 is 14.5 Å². The number of anilines is 2. The molecular formula is C33H43N5O3. The highest BCUT2D eigenvalue weighted by Gasteiger charge is 2.44. The number of fused-ring (bicyclic) bond motifs is 3. The van der Waals surface area contributed by atoms with Gasteiger partial charge in [-0.1, -0.05) is 37.3 Å². The van der Waals surface area contributed by atoms with E-state index in [2.05, 4.69) is 72.1 Å². The molecule has 4 aliphatic rings. The molecule has 2 atom stereocenters. The van der Waals surface area contributed by atoms with Crippen molar-refractivity contribution in [1.29, 1.82) is 0 Å². The lowest BCUT2D eigenvalue weighted by Gasteiger charge is -2.34. The molecule has 0 spiro atoms. The van der Waals surface area contributed by atoms with Crippen molar-refractivity contribution < 1.29 is 14.2 Å². The van der Waals surface area contributed by atoms with E-state index in [1.807, 2.05) is 0 Å². The first kappa shape index (κ1) is 26.9. The quantitative estimate of drug-likeness (QED) is 0.406. The van der Waals surface area contributed by atoms with Gasteiger partial charge in [0, 0.05) is 54.1 Å². The summed E-state index contributed by atoms with van der Waals surface area (Å²) in [5, 5.41) is 2.66. The summed E-state index contributed by atoms with van der Waals surface area (Å²) in [6, 6.07) is 13.9. The Labute approximate surface area is 243 Å². The van der Waals surface area contributed by atoms with Crippen LogP contribution in [0.25, 0.3) is 10.8 Å². The Hall–Kier alpha value is -2.94. The van der Waals surface area contributed by atoms with E-state index >= 15 is 0 Å². The summed E-state index contributed by atoms with van der Waals surface area (Å²) < 4.78 is 18.4. The predicted octanol–water partition coefficient (Wildman–Crippen LogP) is 4.33. The molecule has 4 heterocycles. The van der Waals surface area contributed by atoms with Gasteiger partial charge in [0.2, 0.25) is 0 Å². The van der Waals surface area contributed by atoms with Crippen LogP contribution >= 0.6 is 0 Å². The Bertz CT molecular complexity index is 1400. The normalized spacial score (nSPS) is 23.4. The molecule has 1 aliphatic carbocycles. The standard InChI is InChI=1S/C33H43N5O3/c1-4-23-7-5-8-24-9-6-10-28(30(23)24)37-14-11-26-27(18-37)34-32(41-22-33(12-13-33)21-36(2)3)35-31(26)38-15-16-40-29-20-39-19-25(29)17-38/h5-10,25,29H,4,11-22H2,1-3H3. The van der Waals surface area contributed by atoms with Crippen LogP contribution in [0.2, 0.25) is 0 Å². The molecule has 2 aromatic carbocycles. The van der Waals surface area contributed by atoms with Crippen LogP contribution in [0, 0.1) is 11.3 Å². The topological polar surface area (TPSA) is 63.2 Å². The Balaban J connectivity index is 1.23. The minimum atomic E-state index is 0.184. The number of nitrogens with zero attached hydrogens (tertiary/aromatic N) is 5. The Morgan fingerprint density at radius 2 is 1.90 bits per heavy atom. The largest absolute Gasteiger partial charge is 0.463 e. The molecule has 0 radical (unpaired) electrons. The minimum Gasteiger partial charge on any atom is -0.463 e. The monoisotopic (exact) mass is 557 g/mol. The molecule has 0 N–H and O–H groups in total. The van der Waals surface area contributed by atoms with Crippen LogP contribution in [-0.2, 0) is 28.9 Å². The van der Waals surface area contributed by atoms with E-state index in [1.54, 1.807) is 0 Å². The second-order valence-corrected chi connectivity index (χ2v) is 12.8. The summed E-state index contributed by atoms with van der Waals surface area (Å²) in [5.74, 6) is 1.40. The van der Waals surface area contributed by atoms with Crippen molar-refractivity contribution in [3.63, 3.8) is 0 Å². The number of hydrogen-bond acceptors (Lipinski definition) is 8. The average molecular weight is 558 g/mol. The first-order valence-electron chi connectivity index (χ1n) is 15.4. The van der Waals surface area contributed by atoms with Gasteiger partial charge in [0.25, 0.3) is 0 Å². The van der Waals surface area contributed by atoms with Gasteiger partial charge >= 0.3 is 6.01 Å². The number of benzene rings is 2. The fourth-order valence-electron chi connectivity index (χ4n) is 7.10. The third kappa shape index (κ3) is 5.38. The molecule has 2 saturated heterocycles. The zero-order valence-corrected chi connectivity index (χ0v) is 24.8. The molecule has 3 fully saturated rings. The zero-order valence-electron chi connectivity index (χ0n) is 24.8. The highest BCUT2D eigenvalue weighted by molar-refractivity contribution is 5.97. The highest BCUT2D eigenvalue weighted by atomic mass is 16.5. The molecule has 1 saturated carbocycles. The van der Waals surface area contributed by atoms with Crippen molar-refractivity contribution in [2.75, 3.05) is 76.5 Å². The number of hydrogen-bond donors (Lipinski definition) is 0. The molecule has 2 unspecified atom stereocenters. The maximum absolute atomic E-state index is 6.45. The SMILES string of the molecule is CCc1cccc2cccc(N3CCc4c(nc(OCC5(CN(C)C)CC5)nc4N4CCOC5COCC5C4)C3)c12. The maximum atomic E-state index is 6.45. The number of aromatic nitrogens is 2. The van der Waals surface area contributed by atoms with Crippen LogP contribution in [0.4, 0.5) is 11.5 Å². The van der Waals surface area contributed by atoms with Crippen LogP contribution in [0.15, 0.2) is 36.4 Å². The molecule has 0 amide bonds. The zero-order chi connectivity index (χ0) is 28.0. The second-order valence-electron chi connectivity index (χ2n) is 12.8. The predicted molar refractivity (Wildman–Crippen MR) is 162 cm³/mol. The van der Waals surface area contributed by atoms with Gasteiger partial charge in [0.1, 0.15) is 5.82 Å². The van der Waals surface area contributed by atoms with E-state index < -0.39 is 0 Å². The van der Waals surface area contributed by atoms with E-state index in [1.165, 1.54) is 40.4 Å². The lowest BCUT2D eigenvalue weighted by Crippen LogP contribution is -2.37. The second kappa shape index (κ2) is 11.0. The molecule has 0 bridgehead atoms. The van der Waals surface area contributed by atoms with Gasteiger partial charge in [-0.25, -0.2) is 0 Å². The van der Waals surface area contributed by atoms with Crippen molar-refractivity contribution >= 4 is 22.3 Å². The number of ether oxygens (including phenoxy) is 3. The lowest BCUT2D eigenvalue weighted by atomic mass is 9.98. The lowest BCUT2D eigenvalue weighted by molar-refractivity contribution is 0.0412. The van der Waals surface area contributed by atoms with Crippen molar-refractivity contribution in [2.24, 2.45) is 11.3 Å². The fourth-order valence-corrected chi connectivity index (χ4v) is 7.10. The molecule has 8 nitrogen and oxygen atoms in total. The van der Waals surface area contributed by atoms with E-state index in [-0.39, 0.29) is 11.5 Å². The average Bonchev–Trinajstić information content (AvgIpc) is 3.66. The van der Waals surface area contributed by atoms with E-state index in [0.717, 1.165) is 63.7 Å². The summed E-state index contributed by atoms with van der Waals surface area (Å²) in [5.41, 5.74) is 5.26. The maximum Gasteiger partial charge on any atom is 0.318 e. The third-order valence-electron chi connectivity index (χ3n) is 9.42. The molecule has 218 valence electrons. The summed E-state index contributed by atoms with van der Waals surface area (Å²) in [4.78, 5) is 17.4. The van der Waals surface area contributed by atoms with Crippen molar-refractivity contribution in [1.82, 2.24) is 14.9 Å². The smallest absolute Gasteiger partial charge is 0.318 e. The van der Waals surface area contributed by atoms with Crippen LogP contribution in [0.3, 0.4) is 0 Å². The van der Waals surface area contributed by atoms with Gasteiger partial charge in [-0.3, -0.25) is 0 Å². The Morgan fingerprint density at radius 3 is 2.71 bits per heavy atom. The van der Waals surface area contributed by atoms with E-state index in [9.17, 15) is 0 Å². The number of rotatable bonds is 8. The highest BCUT2D eigenvalue weighted by Crippen LogP contribution is 2.46. The minimum absolute atomic E-state index is 0.184. The molecular weight excluding hydrogens is 514 g/mol. The third-order valence-corrected chi connectivity index (χ3v) is 9.42. The van der Waals surface area contributed by atoms with Crippen LogP contribution in [0.1, 0.15) is 36.6 Å². The molecule has 3 aliphatic heterocycles. The summed E-state index contributed by atoms with van der Waals surface area (Å²) in [6.07, 6.45) is 4.50. The van der Waals surface area contributed by atoms with Crippen molar-refractivity contribution in [3.8, 4) is 6.01 Å². The fraction of sp³-hybridized carbons (Fsp3) is 0.576. The van der Waals surface area contributed by atoms with E-state index in [0.29, 0.717) is 31.7 Å². The molecule has 7 rings (SSSR count). The Morgan fingerprint density at radius 1 is 1.05 bits per heavy atom. The van der Waals surface area contributed by atoms with Crippen LogP contribution in [-0.4, -0.2) is 87.7 Å². The Kier molecular flexibility index (Phi) is 7.25. The van der Waals surface area contributed by atoms with Gasteiger partial charge in [-0.05, 0) is 56.8 Å². The van der Waals surface area contributed by atoms with Crippen LogP contribution in [0.5, 0.6) is 6.01 Å². The van der Waals surface area contributed by atoms with Crippen molar-refractivity contribution in [2.45, 2.75) is 45.3 Å². The first-order valence-corrected chi connectivity index (χ1v) is 15.4. The van der Waals surface area contributed by atoms with Gasteiger partial charge in [0.15, 0.2) is 0 Å². The molecule has 3 aromatic rings. The van der Waals surface area contributed by atoms with Crippen molar-refractivity contribution in [3.05, 3.63) is 53.2 Å². The van der Waals surface area contributed by atoms with Gasteiger partial charge in [0.05, 0.1) is 44.8 Å². The van der Waals surface area contributed by atoms with Gasteiger partial charge < -0.3 is 28.9 Å². The number of aryl methyl sites for hydroxylation is 1. The van der Waals surface area contributed by atoms with Gasteiger partial charge in [-0.2, -0.15) is 9.97 Å². The summed E-state index contributed by atoms with van der Waals surface area (Å²) in [7, 11) is 4.28. The molecule has 1 aromatic heterocycles. The summed E-state index contributed by atoms with van der Waals surface area (Å²) in [6.45, 7) is 9.48. The molecule has 8 heteroatoms. The summed E-state index contributed by atoms with van der Waals surface area (Å²) >= 11 is 0. The first-order chi connectivity index (χ1) is 20.0.